The van der Waals surface area contributed by atoms with E-state index in [1.807, 2.05) is 0 Å². The van der Waals surface area contributed by atoms with E-state index in [0.717, 1.165) is 42.6 Å². The lowest BCUT2D eigenvalue weighted by Crippen LogP contribution is -2.18. The Hall–Kier alpha value is -1.72. The number of H-pyrrole nitrogens is 1. The molecule has 1 fully saturated rings. The quantitative estimate of drug-likeness (QED) is 0.594. The molecule has 1 unspecified atom stereocenters. The van der Waals surface area contributed by atoms with Crippen LogP contribution in [0.25, 0.3) is 11.0 Å². The smallest absolute Gasteiger partial charge is 0.152 e. The molecule has 2 heterocycles. The zero-order valence-corrected chi connectivity index (χ0v) is 14.6. The molecule has 1 atom stereocenters. The molecule has 130 valence electrons. The number of nitrogens with zero attached hydrogens (tertiary/aromatic N) is 2. The number of rotatable bonds is 8. The number of hydrogen-bond donors (Lipinski definition) is 1. The summed E-state index contributed by atoms with van der Waals surface area (Å²) in [5.74, 6) is 0.553. The molecule has 1 aliphatic rings. The molecule has 1 saturated carbocycles. The highest BCUT2D eigenvalue weighted by Crippen LogP contribution is 2.38. The maximum atomic E-state index is 11.2. The number of hydrogen-bond acceptors (Lipinski definition) is 4. The molecule has 3 rings (SSSR count). The third-order valence-electron chi connectivity index (χ3n) is 4.88. The van der Waals surface area contributed by atoms with Crippen molar-refractivity contribution in [3.05, 3.63) is 29.6 Å². The van der Waals surface area contributed by atoms with Gasteiger partial charge in [0.05, 0.1) is 11.0 Å². The third kappa shape index (κ3) is 3.84. The Bertz CT molecular complexity index is 674. The van der Waals surface area contributed by atoms with Crippen LogP contribution < -0.4 is 0 Å². The Morgan fingerprint density at radius 3 is 2.92 bits per heavy atom. The highest BCUT2D eigenvalue weighted by Gasteiger charge is 2.28. The van der Waals surface area contributed by atoms with Crippen LogP contribution in [0.3, 0.4) is 0 Å². The minimum atomic E-state index is 0.0726. The zero-order chi connectivity index (χ0) is 16.9. The number of nitrogens with one attached hydrogen (secondary N) is 1. The molecular formula is C19H27N3O2. The molecule has 2 aromatic rings. The predicted molar refractivity (Wildman–Crippen MR) is 95.3 cm³/mol. The number of carbonyl (C=O) groups is 1. The van der Waals surface area contributed by atoms with Crippen LogP contribution in [-0.4, -0.2) is 48.4 Å². The van der Waals surface area contributed by atoms with Crippen LogP contribution in [0.5, 0.6) is 0 Å². The van der Waals surface area contributed by atoms with E-state index in [1.54, 1.807) is 12.3 Å². The fourth-order valence-corrected chi connectivity index (χ4v) is 3.65. The fraction of sp³-hybridized carbons (Fsp3) is 0.579. The Morgan fingerprint density at radius 1 is 1.42 bits per heavy atom. The molecule has 0 radical (unpaired) electrons. The third-order valence-corrected chi connectivity index (χ3v) is 4.88. The van der Waals surface area contributed by atoms with Gasteiger partial charge in [0.1, 0.15) is 6.10 Å². The fourth-order valence-electron chi connectivity index (χ4n) is 3.65. The van der Waals surface area contributed by atoms with Gasteiger partial charge in [0.2, 0.25) is 0 Å². The van der Waals surface area contributed by atoms with Gasteiger partial charge < -0.3 is 14.6 Å². The second-order valence-corrected chi connectivity index (χ2v) is 7.00. The van der Waals surface area contributed by atoms with Gasteiger partial charge in [-0.2, -0.15) is 0 Å². The zero-order valence-electron chi connectivity index (χ0n) is 14.6. The van der Waals surface area contributed by atoms with Crippen molar-refractivity contribution in [2.75, 3.05) is 27.2 Å². The summed E-state index contributed by atoms with van der Waals surface area (Å²) in [7, 11) is 4.16. The number of aldehydes is 1. The Balaban J connectivity index is 1.80. The van der Waals surface area contributed by atoms with E-state index in [1.165, 1.54) is 25.7 Å². The molecular weight excluding hydrogens is 302 g/mol. The summed E-state index contributed by atoms with van der Waals surface area (Å²) in [5.41, 5.74) is 3.38. The summed E-state index contributed by atoms with van der Waals surface area (Å²) in [6, 6.07) is 3.80. The predicted octanol–water partition coefficient (Wildman–Crippen LogP) is 3.58. The molecule has 0 spiro atoms. The van der Waals surface area contributed by atoms with Crippen LogP contribution in [-0.2, 0) is 4.74 Å². The maximum Gasteiger partial charge on any atom is 0.152 e. The number of carbonyl (C=O) groups excluding carboxylic acids is 1. The van der Waals surface area contributed by atoms with Crippen molar-refractivity contribution >= 4 is 17.3 Å². The van der Waals surface area contributed by atoms with Gasteiger partial charge in [0, 0.05) is 24.1 Å². The molecule has 0 aromatic carbocycles. The molecule has 5 heteroatoms. The molecule has 0 amide bonds. The standard InChI is InChI=1S/C19H27N3O2/c1-22(2)10-5-11-24-19(14-6-3-4-7-14)17-12-16-18(21-17)15(13-23)8-9-20-16/h8-9,12-14,19,21H,3-7,10-11H2,1-2H3. The first-order valence-electron chi connectivity index (χ1n) is 8.88. The Kier molecular flexibility index (Phi) is 5.63. The first-order chi connectivity index (χ1) is 11.7. The van der Waals surface area contributed by atoms with E-state index < -0.39 is 0 Å². The van der Waals surface area contributed by atoms with Crippen LogP contribution in [0.2, 0.25) is 0 Å². The van der Waals surface area contributed by atoms with Crippen LogP contribution >= 0.6 is 0 Å². The molecule has 0 bridgehead atoms. The van der Waals surface area contributed by atoms with E-state index in [4.69, 9.17) is 4.74 Å². The normalized spacial score (nSPS) is 17.0. The average molecular weight is 329 g/mol. The Morgan fingerprint density at radius 2 is 2.21 bits per heavy atom. The Labute approximate surface area is 143 Å². The minimum absolute atomic E-state index is 0.0726. The number of pyridine rings is 1. The number of ether oxygens (including phenoxy) is 1. The van der Waals surface area contributed by atoms with Gasteiger partial charge in [-0.3, -0.25) is 9.78 Å². The minimum Gasteiger partial charge on any atom is -0.372 e. The lowest BCUT2D eigenvalue weighted by Gasteiger charge is -2.23. The number of aromatic nitrogens is 2. The van der Waals surface area contributed by atoms with Gasteiger partial charge in [0.25, 0.3) is 0 Å². The van der Waals surface area contributed by atoms with Crippen molar-refractivity contribution in [1.82, 2.24) is 14.9 Å². The highest BCUT2D eigenvalue weighted by atomic mass is 16.5. The molecule has 2 aromatic heterocycles. The molecule has 24 heavy (non-hydrogen) atoms. The van der Waals surface area contributed by atoms with E-state index in [-0.39, 0.29) is 6.10 Å². The molecule has 0 aliphatic heterocycles. The van der Waals surface area contributed by atoms with Crippen LogP contribution in [0, 0.1) is 5.92 Å². The second-order valence-electron chi connectivity index (χ2n) is 7.00. The first kappa shape index (κ1) is 17.1. The van der Waals surface area contributed by atoms with Crippen molar-refractivity contribution in [2.45, 2.75) is 38.2 Å². The summed E-state index contributed by atoms with van der Waals surface area (Å²) in [6.45, 7) is 1.78. The largest absolute Gasteiger partial charge is 0.372 e. The summed E-state index contributed by atoms with van der Waals surface area (Å²) in [4.78, 5) is 21.2. The lowest BCUT2D eigenvalue weighted by atomic mass is 9.98. The molecule has 1 N–H and O–H groups in total. The monoisotopic (exact) mass is 329 g/mol. The van der Waals surface area contributed by atoms with Crippen molar-refractivity contribution in [2.24, 2.45) is 5.92 Å². The van der Waals surface area contributed by atoms with E-state index >= 15 is 0 Å². The molecule has 1 aliphatic carbocycles. The van der Waals surface area contributed by atoms with Crippen molar-refractivity contribution in [1.29, 1.82) is 0 Å². The first-order valence-corrected chi connectivity index (χ1v) is 8.88. The number of fused-ring (bicyclic) bond motifs is 1. The summed E-state index contributed by atoms with van der Waals surface area (Å²) in [6.07, 6.45) is 8.64. The van der Waals surface area contributed by atoms with E-state index in [9.17, 15) is 4.79 Å². The van der Waals surface area contributed by atoms with Gasteiger partial charge >= 0.3 is 0 Å². The van der Waals surface area contributed by atoms with Gasteiger partial charge in [-0.05, 0) is 58.0 Å². The van der Waals surface area contributed by atoms with Gasteiger partial charge in [-0.15, -0.1) is 0 Å². The van der Waals surface area contributed by atoms with E-state index in [2.05, 4.69) is 35.0 Å². The summed E-state index contributed by atoms with van der Waals surface area (Å²) >= 11 is 0. The van der Waals surface area contributed by atoms with Crippen LogP contribution in [0.15, 0.2) is 18.3 Å². The molecule has 5 nitrogen and oxygen atoms in total. The van der Waals surface area contributed by atoms with Crippen molar-refractivity contribution in [3.8, 4) is 0 Å². The summed E-state index contributed by atoms with van der Waals surface area (Å²) in [5, 5.41) is 0. The SMILES string of the molecule is CN(C)CCCOC(c1cc2nccc(C=O)c2[nH]1)C1CCCC1. The van der Waals surface area contributed by atoms with Crippen LogP contribution in [0.1, 0.15) is 54.3 Å². The van der Waals surface area contributed by atoms with Gasteiger partial charge in [-0.1, -0.05) is 12.8 Å². The van der Waals surface area contributed by atoms with Crippen molar-refractivity contribution in [3.63, 3.8) is 0 Å². The maximum absolute atomic E-state index is 11.2. The second kappa shape index (κ2) is 7.90. The average Bonchev–Trinajstić information content (AvgIpc) is 3.23. The summed E-state index contributed by atoms with van der Waals surface area (Å²) < 4.78 is 6.29. The highest BCUT2D eigenvalue weighted by molar-refractivity contribution is 5.94. The number of aromatic amines is 1. The topological polar surface area (TPSA) is 58.2 Å². The van der Waals surface area contributed by atoms with Crippen LogP contribution in [0.4, 0.5) is 0 Å². The molecule has 0 saturated heterocycles. The van der Waals surface area contributed by atoms with Gasteiger partial charge in [0.15, 0.2) is 6.29 Å². The van der Waals surface area contributed by atoms with Gasteiger partial charge in [-0.25, -0.2) is 0 Å². The van der Waals surface area contributed by atoms with E-state index in [0.29, 0.717) is 11.5 Å². The van der Waals surface area contributed by atoms with Crippen molar-refractivity contribution < 1.29 is 9.53 Å². The lowest BCUT2D eigenvalue weighted by molar-refractivity contribution is 0.00676.